The van der Waals surface area contributed by atoms with Crippen molar-refractivity contribution in [3.8, 4) is 11.5 Å². The van der Waals surface area contributed by atoms with E-state index in [2.05, 4.69) is 4.98 Å². The van der Waals surface area contributed by atoms with Crippen molar-refractivity contribution < 1.29 is 22.1 Å². The largest absolute Gasteiger partial charge is 0.504 e. The molecule has 0 bridgehead atoms. The number of pyridine rings is 1. The molecule has 6 heteroatoms. The molecule has 1 saturated heterocycles. The lowest BCUT2D eigenvalue weighted by Crippen LogP contribution is -2.29. The zero-order chi connectivity index (χ0) is 19.9. The molecule has 0 radical (unpaired) electrons. The minimum Gasteiger partial charge on any atom is -0.504 e. The van der Waals surface area contributed by atoms with Crippen LogP contribution in [0.1, 0.15) is 27.4 Å². The van der Waals surface area contributed by atoms with Crippen molar-refractivity contribution in [2.24, 2.45) is 11.8 Å². The molecule has 26 heavy (non-hydrogen) atoms. The van der Waals surface area contributed by atoms with E-state index in [0.717, 1.165) is 6.07 Å². The maximum Gasteiger partial charge on any atom is 0.255 e. The molecule has 1 unspecified atom stereocenters. The molecule has 1 aliphatic heterocycles. The van der Waals surface area contributed by atoms with Crippen molar-refractivity contribution in [1.29, 1.82) is 0 Å². The smallest absolute Gasteiger partial charge is 0.255 e. The van der Waals surface area contributed by atoms with Crippen LogP contribution in [0.15, 0.2) is 42.5 Å². The summed E-state index contributed by atoms with van der Waals surface area (Å²) in [5, 5.41) is 19.6. The van der Waals surface area contributed by atoms with E-state index < -0.39 is 30.1 Å². The zero-order valence-electron chi connectivity index (χ0n) is 16.3. The van der Waals surface area contributed by atoms with E-state index in [1.807, 2.05) is 35.2 Å². The van der Waals surface area contributed by atoms with Crippen LogP contribution in [0.2, 0.25) is 0 Å². The van der Waals surface area contributed by atoms with Gasteiger partial charge in [-0.2, -0.15) is 4.39 Å². The third kappa shape index (κ3) is 3.66. The summed E-state index contributed by atoms with van der Waals surface area (Å²) >= 11 is 0. The number of nitrogens with zero attached hydrogens (tertiary/aromatic N) is 2. The number of aromatic hydroxyl groups is 1. The average molecular weight is 360 g/mol. The first-order chi connectivity index (χ1) is 13.4. The van der Waals surface area contributed by atoms with Gasteiger partial charge >= 0.3 is 0 Å². The number of fused-ring (bicyclic) bond motifs is 1. The molecule has 2 N–H and O–H groups in total. The number of aliphatic hydroxyl groups excluding tert-OH is 1. The van der Waals surface area contributed by atoms with Crippen LogP contribution >= 0.6 is 0 Å². The van der Waals surface area contributed by atoms with Crippen LogP contribution in [0, 0.1) is 17.8 Å². The molecule has 1 saturated carbocycles. The highest BCUT2D eigenvalue weighted by Crippen LogP contribution is 2.40. The first kappa shape index (κ1) is 14.9. The van der Waals surface area contributed by atoms with Gasteiger partial charge in [-0.1, -0.05) is 18.2 Å². The van der Waals surface area contributed by atoms with Gasteiger partial charge in [0.25, 0.3) is 5.95 Å². The Morgan fingerprint density at radius 2 is 2.12 bits per heavy atom. The van der Waals surface area contributed by atoms with Gasteiger partial charge in [0.05, 0.1) is 11.8 Å². The van der Waals surface area contributed by atoms with Crippen LogP contribution < -0.4 is 4.74 Å². The predicted molar refractivity (Wildman–Crippen MR) is 94.3 cm³/mol. The fourth-order valence-electron chi connectivity index (χ4n) is 3.74. The summed E-state index contributed by atoms with van der Waals surface area (Å²) in [5.74, 6) is -1.86. The summed E-state index contributed by atoms with van der Waals surface area (Å²) in [6, 6.07) is 11.9. The number of aliphatic hydroxyl groups is 1. The fourth-order valence-corrected chi connectivity index (χ4v) is 3.74. The Kier molecular flexibility index (Phi) is 4.14. The van der Waals surface area contributed by atoms with Crippen LogP contribution in [-0.2, 0) is 0 Å². The zero-order valence-corrected chi connectivity index (χ0v) is 14.3. The summed E-state index contributed by atoms with van der Waals surface area (Å²) in [5.41, 5.74) is 0.138. The van der Waals surface area contributed by atoms with Gasteiger partial charge in [-0.15, -0.1) is 0 Å². The summed E-state index contributed by atoms with van der Waals surface area (Å²) in [6.07, 6.45) is -1.43. The van der Waals surface area contributed by atoms with Gasteiger partial charge < -0.3 is 14.9 Å². The van der Waals surface area contributed by atoms with Gasteiger partial charge in [0.15, 0.2) is 5.75 Å². The van der Waals surface area contributed by atoms with E-state index in [9.17, 15) is 14.6 Å². The highest BCUT2D eigenvalue weighted by atomic mass is 19.1. The van der Waals surface area contributed by atoms with E-state index in [4.69, 9.17) is 7.48 Å². The van der Waals surface area contributed by atoms with E-state index in [-0.39, 0.29) is 24.3 Å². The maximum atomic E-state index is 13.4. The second-order valence-electron chi connectivity index (χ2n) is 6.90. The number of ether oxygens (including phenoxy) is 1. The highest BCUT2D eigenvalue weighted by molar-refractivity contribution is 5.22. The monoisotopic (exact) mass is 360 g/mol. The Labute approximate surface area is 154 Å². The molecule has 1 aromatic heterocycles. The van der Waals surface area contributed by atoms with Crippen LogP contribution in [0.4, 0.5) is 4.39 Å². The molecule has 2 aromatic rings. The molecule has 0 amide bonds. The Morgan fingerprint density at radius 1 is 1.31 bits per heavy atom. The predicted octanol–water partition coefficient (Wildman–Crippen LogP) is 2.75. The van der Waals surface area contributed by atoms with Gasteiger partial charge in [0.1, 0.15) is 11.9 Å². The normalized spacial score (nSPS) is 33.4. The topological polar surface area (TPSA) is 65.8 Å². The Balaban J connectivity index is 1.39. The highest BCUT2D eigenvalue weighted by Gasteiger charge is 2.42. The minimum absolute atomic E-state index is 0.0274. The van der Waals surface area contributed by atoms with E-state index in [0.29, 0.717) is 25.3 Å². The maximum absolute atomic E-state index is 13.4. The van der Waals surface area contributed by atoms with E-state index in [1.165, 1.54) is 6.07 Å². The van der Waals surface area contributed by atoms with Crippen molar-refractivity contribution in [1.82, 2.24) is 9.88 Å². The lowest BCUT2D eigenvalue weighted by Gasteiger charge is -2.22. The Morgan fingerprint density at radius 3 is 2.85 bits per heavy atom. The van der Waals surface area contributed by atoms with Crippen molar-refractivity contribution in [3.63, 3.8) is 0 Å². The third-order valence-corrected chi connectivity index (χ3v) is 4.98. The van der Waals surface area contributed by atoms with Gasteiger partial charge in [-0.3, -0.25) is 4.90 Å². The number of aromatic nitrogens is 1. The molecule has 2 aliphatic rings. The lowest BCUT2D eigenvalue weighted by atomic mass is 10.0. The third-order valence-electron chi connectivity index (χ3n) is 4.98. The molecular formula is C20H23FN2O3. The van der Waals surface area contributed by atoms with Gasteiger partial charge in [-0.25, -0.2) is 4.98 Å². The number of hydrogen-bond acceptors (Lipinski definition) is 5. The number of benzene rings is 1. The van der Waals surface area contributed by atoms with Crippen LogP contribution in [0.25, 0.3) is 0 Å². The standard InChI is InChI=1S/C20H23FN2O3/c21-20-18(24)7-6-17(22-20)19(25)12-23-10-13-8-16(9-14(13)11-23)26-15-4-2-1-3-5-15/h1-7,13-14,16,19,24-25H,8-12H2/t13-,14+,16?,19-/m0/s1/i8D,13D/t8-,13+,14-,16?,19+/m1. The SMILES string of the molecule is [2H][C@H]1C(Oc2ccccc2)C[C@@H]2CN(C[C@H](O)c3ccc(O)c(F)n3)C[C@@]21[2H]. The molecule has 5 atom stereocenters. The van der Waals surface area contributed by atoms with Crippen molar-refractivity contribution in [3.05, 3.63) is 54.1 Å². The summed E-state index contributed by atoms with van der Waals surface area (Å²) in [4.78, 5) is 5.51. The number of hydrogen-bond donors (Lipinski definition) is 2. The molecule has 2 fully saturated rings. The van der Waals surface area contributed by atoms with Gasteiger partial charge in [0, 0.05) is 22.4 Å². The second kappa shape index (κ2) is 7.21. The van der Waals surface area contributed by atoms with Crippen LogP contribution in [-0.4, -0.2) is 45.8 Å². The summed E-state index contributed by atoms with van der Waals surface area (Å²) in [7, 11) is 0. The summed E-state index contributed by atoms with van der Waals surface area (Å²) in [6.45, 7) is 1.12. The van der Waals surface area contributed by atoms with E-state index in [1.54, 1.807) is 0 Å². The summed E-state index contributed by atoms with van der Waals surface area (Å²) < 4.78 is 36.8. The number of halogens is 1. The van der Waals surface area contributed by atoms with E-state index >= 15 is 0 Å². The van der Waals surface area contributed by atoms with Crippen molar-refractivity contribution >= 4 is 0 Å². The first-order valence-electron chi connectivity index (χ1n) is 9.84. The molecule has 4 rings (SSSR count). The van der Waals surface area contributed by atoms with Crippen LogP contribution in [0.3, 0.4) is 0 Å². The molecule has 138 valence electrons. The number of rotatable bonds is 5. The molecular weight excluding hydrogens is 335 g/mol. The lowest BCUT2D eigenvalue weighted by molar-refractivity contribution is 0.112. The molecule has 0 spiro atoms. The molecule has 1 aliphatic carbocycles. The Hall–Kier alpha value is -2.18. The minimum atomic E-state index is -1.03. The average Bonchev–Trinajstić information content (AvgIpc) is 3.10. The van der Waals surface area contributed by atoms with Crippen LogP contribution in [0.5, 0.6) is 11.5 Å². The Bertz CT molecular complexity index is 843. The van der Waals surface area contributed by atoms with Crippen molar-refractivity contribution in [2.75, 3.05) is 19.6 Å². The molecule has 1 aromatic carbocycles. The number of β-amino-alcohol motifs (C(OH)–C–C–N with tert-alkyl or cyclic N) is 1. The number of para-hydroxylation sites is 1. The second-order valence-corrected chi connectivity index (χ2v) is 6.90. The van der Waals surface area contributed by atoms with Gasteiger partial charge in [0.2, 0.25) is 0 Å². The van der Waals surface area contributed by atoms with Crippen molar-refractivity contribution in [2.45, 2.75) is 25.0 Å². The number of likely N-dealkylation sites (tertiary alicyclic amines) is 1. The van der Waals surface area contributed by atoms with Gasteiger partial charge in [-0.05, 0) is 48.9 Å². The first-order valence-corrected chi connectivity index (χ1v) is 8.76. The fraction of sp³-hybridized carbons (Fsp3) is 0.450. The quantitative estimate of drug-likeness (QED) is 0.803. The molecule has 5 nitrogen and oxygen atoms in total. The molecule has 2 heterocycles.